The van der Waals surface area contributed by atoms with Crippen molar-refractivity contribution in [2.24, 2.45) is 5.92 Å². The zero-order chi connectivity index (χ0) is 16.2. The van der Waals surface area contributed by atoms with E-state index in [1.165, 1.54) is 5.56 Å². The monoisotopic (exact) mass is 328 g/mol. The van der Waals surface area contributed by atoms with E-state index in [2.05, 4.69) is 44.8 Å². The molecule has 1 aliphatic heterocycles. The Bertz CT molecular complexity index is 616. The molecule has 1 saturated heterocycles. The van der Waals surface area contributed by atoms with Crippen molar-refractivity contribution < 1.29 is 9.47 Å². The van der Waals surface area contributed by atoms with Crippen LogP contribution < -0.4 is 5.32 Å². The molecule has 1 atom stereocenters. The largest absolute Gasteiger partial charge is 0.348 e. The van der Waals surface area contributed by atoms with Gasteiger partial charge in [-0.15, -0.1) is 0 Å². The molecule has 2 heterocycles. The fourth-order valence-corrected chi connectivity index (χ4v) is 3.76. The Balaban J connectivity index is 1.38. The zero-order valence-electron chi connectivity index (χ0n) is 13.8. The highest BCUT2D eigenvalue weighted by Crippen LogP contribution is 2.38. The van der Waals surface area contributed by atoms with E-state index in [0.29, 0.717) is 5.92 Å². The second kappa shape index (κ2) is 7.01. The molecule has 1 aliphatic carbocycles. The van der Waals surface area contributed by atoms with Gasteiger partial charge < -0.3 is 14.8 Å². The molecule has 6 heteroatoms. The van der Waals surface area contributed by atoms with Gasteiger partial charge in [-0.05, 0) is 30.9 Å². The minimum absolute atomic E-state index is 0.0450. The number of benzene rings is 1. The van der Waals surface area contributed by atoms with E-state index in [4.69, 9.17) is 9.47 Å². The maximum atomic E-state index is 5.82. The third-order valence-electron chi connectivity index (χ3n) is 5.13. The van der Waals surface area contributed by atoms with Crippen LogP contribution in [0.25, 0.3) is 0 Å². The molecule has 1 aromatic heterocycles. The van der Waals surface area contributed by atoms with Crippen LogP contribution in [0.4, 0.5) is 0 Å². The Labute approximate surface area is 142 Å². The number of hydrogen-bond acceptors (Lipinski definition) is 5. The summed E-state index contributed by atoms with van der Waals surface area (Å²) in [5.74, 6) is 1.22. The van der Waals surface area contributed by atoms with Gasteiger partial charge in [0.05, 0.1) is 19.3 Å². The minimum atomic E-state index is -0.278. The summed E-state index contributed by atoms with van der Waals surface area (Å²) in [7, 11) is 0. The molecule has 0 bridgehead atoms. The number of ether oxygens (including phenoxy) is 2. The summed E-state index contributed by atoms with van der Waals surface area (Å²) in [6.45, 7) is 2.44. The van der Waals surface area contributed by atoms with Gasteiger partial charge in [0.2, 0.25) is 0 Å². The molecule has 1 spiro atoms. The van der Waals surface area contributed by atoms with Crippen molar-refractivity contribution in [3.05, 3.63) is 48.0 Å². The van der Waals surface area contributed by atoms with E-state index in [1.807, 2.05) is 6.07 Å². The molecule has 2 fully saturated rings. The molecular formula is C18H24N4O2. The van der Waals surface area contributed by atoms with Gasteiger partial charge in [-0.25, -0.2) is 4.98 Å². The number of aromatic nitrogens is 3. The first-order valence-electron chi connectivity index (χ1n) is 8.76. The van der Waals surface area contributed by atoms with Gasteiger partial charge in [0, 0.05) is 12.8 Å². The molecule has 6 nitrogen and oxygen atoms in total. The quantitative estimate of drug-likeness (QED) is 0.882. The van der Waals surface area contributed by atoms with Crippen molar-refractivity contribution in [2.45, 2.75) is 37.5 Å². The molecule has 128 valence electrons. The van der Waals surface area contributed by atoms with Gasteiger partial charge in [0.15, 0.2) is 5.79 Å². The second-order valence-electron chi connectivity index (χ2n) is 6.67. The lowest BCUT2D eigenvalue weighted by Crippen LogP contribution is -2.38. The molecule has 0 unspecified atom stereocenters. The van der Waals surface area contributed by atoms with Crippen molar-refractivity contribution in [2.75, 3.05) is 19.8 Å². The normalized spacial score (nSPS) is 22.0. The van der Waals surface area contributed by atoms with Crippen LogP contribution in [0, 0.1) is 5.92 Å². The second-order valence-corrected chi connectivity index (χ2v) is 6.67. The summed E-state index contributed by atoms with van der Waals surface area (Å²) in [4.78, 5) is 4.35. The van der Waals surface area contributed by atoms with Gasteiger partial charge in [0.1, 0.15) is 12.2 Å². The first kappa shape index (κ1) is 15.7. The van der Waals surface area contributed by atoms with Gasteiger partial charge in [0.25, 0.3) is 0 Å². The Morgan fingerprint density at radius 3 is 2.58 bits per heavy atom. The van der Waals surface area contributed by atoms with Crippen LogP contribution in [0.2, 0.25) is 0 Å². The molecule has 0 amide bonds. The number of hydrogen-bond donors (Lipinski definition) is 2. The highest BCUT2D eigenvalue weighted by molar-refractivity contribution is 5.24. The van der Waals surface area contributed by atoms with E-state index in [1.54, 1.807) is 6.33 Å². The fourth-order valence-electron chi connectivity index (χ4n) is 3.76. The van der Waals surface area contributed by atoms with Crippen molar-refractivity contribution in [1.29, 1.82) is 0 Å². The highest BCUT2D eigenvalue weighted by Gasteiger charge is 2.40. The first-order chi connectivity index (χ1) is 11.8. The van der Waals surface area contributed by atoms with Crippen LogP contribution in [-0.2, 0) is 9.47 Å². The van der Waals surface area contributed by atoms with Gasteiger partial charge in [-0.3, -0.25) is 5.10 Å². The van der Waals surface area contributed by atoms with E-state index < -0.39 is 0 Å². The summed E-state index contributed by atoms with van der Waals surface area (Å²) < 4.78 is 11.6. The molecule has 4 rings (SSSR count). The number of nitrogens with zero attached hydrogens (tertiary/aromatic N) is 2. The predicted octanol–water partition coefficient (Wildman–Crippen LogP) is 2.42. The number of H-pyrrole nitrogens is 1. The van der Waals surface area contributed by atoms with Gasteiger partial charge in [-0.1, -0.05) is 30.3 Å². The van der Waals surface area contributed by atoms with Crippen molar-refractivity contribution >= 4 is 0 Å². The average molecular weight is 328 g/mol. The molecule has 2 aliphatic rings. The number of aromatic amines is 1. The Morgan fingerprint density at radius 2 is 1.92 bits per heavy atom. The lowest BCUT2D eigenvalue weighted by atomic mass is 9.85. The molecule has 1 saturated carbocycles. The maximum absolute atomic E-state index is 5.82. The average Bonchev–Trinajstić information content (AvgIpc) is 3.31. The summed E-state index contributed by atoms with van der Waals surface area (Å²) in [5.41, 5.74) is 1.20. The van der Waals surface area contributed by atoms with Crippen molar-refractivity contribution in [3.8, 4) is 0 Å². The molecule has 2 aromatic rings. The smallest absolute Gasteiger partial charge is 0.168 e. The van der Waals surface area contributed by atoms with Crippen LogP contribution in [0.3, 0.4) is 0 Å². The molecule has 1 aromatic carbocycles. The van der Waals surface area contributed by atoms with E-state index in [9.17, 15) is 0 Å². The maximum Gasteiger partial charge on any atom is 0.168 e. The summed E-state index contributed by atoms with van der Waals surface area (Å²) in [6, 6.07) is 10.4. The summed E-state index contributed by atoms with van der Waals surface area (Å²) in [6.07, 6.45) is 5.82. The third-order valence-corrected chi connectivity index (χ3v) is 5.13. The zero-order valence-corrected chi connectivity index (χ0v) is 13.8. The van der Waals surface area contributed by atoms with Crippen LogP contribution in [0.1, 0.15) is 43.1 Å². The molecule has 24 heavy (non-hydrogen) atoms. The minimum Gasteiger partial charge on any atom is -0.348 e. The van der Waals surface area contributed by atoms with E-state index >= 15 is 0 Å². The van der Waals surface area contributed by atoms with E-state index in [-0.39, 0.29) is 11.8 Å². The third kappa shape index (κ3) is 3.36. The molecule has 2 N–H and O–H groups in total. The topological polar surface area (TPSA) is 72.1 Å². The Morgan fingerprint density at radius 1 is 1.17 bits per heavy atom. The van der Waals surface area contributed by atoms with Gasteiger partial charge >= 0.3 is 0 Å². The van der Waals surface area contributed by atoms with Gasteiger partial charge in [-0.2, -0.15) is 5.10 Å². The lowest BCUT2D eigenvalue weighted by molar-refractivity contribution is -0.182. The number of nitrogens with one attached hydrogen (secondary N) is 2. The van der Waals surface area contributed by atoms with Crippen LogP contribution in [0.5, 0.6) is 0 Å². The lowest BCUT2D eigenvalue weighted by Gasteiger charge is -2.35. The predicted molar refractivity (Wildman–Crippen MR) is 89.3 cm³/mol. The number of rotatable bonds is 5. The molecular weight excluding hydrogens is 304 g/mol. The van der Waals surface area contributed by atoms with Crippen molar-refractivity contribution in [1.82, 2.24) is 20.5 Å². The fraction of sp³-hybridized carbons (Fsp3) is 0.556. The van der Waals surface area contributed by atoms with Crippen molar-refractivity contribution in [3.63, 3.8) is 0 Å². The summed E-state index contributed by atoms with van der Waals surface area (Å²) in [5, 5.41) is 10.7. The molecule has 0 radical (unpaired) electrons. The Kier molecular flexibility index (Phi) is 4.60. The highest BCUT2D eigenvalue weighted by atomic mass is 16.7. The SMILES string of the molecule is c1ccc([C@H](NCC2CCC3(CC2)OCCO3)c2ncn[nH]2)cc1. The van der Waals surface area contributed by atoms with Crippen LogP contribution >= 0.6 is 0 Å². The standard InChI is InChI=1S/C18H24N4O2/c1-2-4-15(5-3-1)16(17-20-13-21-22-17)19-12-14-6-8-18(9-7-14)23-10-11-24-18/h1-5,13-14,16,19H,6-12H2,(H,20,21,22)/t16-/m0/s1. The van der Waals surface area contributed by atoms with Crippen LogP contribution in [0.15, 0.2) is 36.7 Å². The summed E-state index contributed by atoms with van der Waals surface area (Å²) >= 11 is 0. The Hall–Kier alpha value is -1.76. The first-order valence-corrected chi connectivity index (χ1v) is 8.76. The van der Waals surface area contributed by atoms with Crippen LogP contribution in [-0.4, -0.2) is 40.7 Å². The van der Waals surface area contributed by atoms with E-state index in [0.717, 1.165) is 51.3 Å².